The zero-order chi connectivity index (χ0) is 13.7. The summed E-state index contributed by atoms with van der Waals surface area (Å²) in [6.45, 7) is 2.18. The summed E-state index contributed by atoms with van der Waals surface area (Å²) in [5.41, 5.74) is -0.0115. The number of nitro benzene ring substituents is 1. The van der Waals surface area contributed by atoms with E-state index in [2.05, 4.69) is 4.90 Å². The molecule has 6 nitrogen and oxygen atoms in total. The highest BCUT2D eigenvalue weighted by molar-refractivity contribution is 5.45. The largest absolute Gasteiger partial charge is 0.485 e. The third-order valence-electron chi connectivity index (χ3n) is 3.41. The SMILES string of the molecule is O=[N+]([O-])c1ccccc1OCCN1CCC[C@H]1CO. The van der Waals surface area contributed by atoms with Gasteiger partial charge in [-0.2, -0.15) is 0 Å². The molecular formula is C13H18N2O4. The molecule has 1 N–H and O–H groups in total. The number of benzene rings is 1. The normalized spacial score (nSPS) is 19.5. The third-order valence-corrected chi connectivity index (χ3v) is 3.41. The van der Waals surface area contributed by atoms with Crippen LogP contribution in [0.2, 0.25) is 0 Å². The Kier molecular flexibility index (Phi) is 4.70. The van der Waals surface area contributed by atoms with Gasteiger partial charge in [-0.15, -0.1) is 0 Å². The average Bonchev–Trinajstić information content (AvgIpc) is 2.86. The Labute approximate surface area is 111 Å². The van der Waals surface area contributed by atoms with Gasteiger partial charge in [0.25, 0.3) is 0 Å². The fraction of sp³-hybridized carbons (Fsp3) is 0.538. The molecule has 0 amide bonds. The monoisotopic (exact) mass is 266 g/mol. The number of hydrogen-bond donors (Lipinski definition) is 1. The Morgan fingerprint density at radius 2 is 2.26 bits per heavy atom. The number of para-hydroxylation sites is 2. The highest BCUT2D eigenvalue weighted by atomic mass is 16.6. The second-order valence-corrected chi connectivity index (χ2v) is 4.59. The van der Waals surface area contributed by atoms with E-state index >= 15 is 0 Å². The molecule has 0 spiro atoms. The summed E-state index contributed by atoms with van der Waals surface area (Å²) < 4.78 is 5.49. The first-order valence-corrected chi connectivity index (χ1v) is 6.43. The molecular weight excluding hydrogens is 248 g/mol. The Morgan fingerprint density at radius 3 is 3.00 bits per heavy atom. The van der Waals surface area contributed by atoms with Gasteiger partial charge < -0.3 is 9.84 Å². The molecule has 0 radical (unpaired) electrons. The summed E-state index contributed by atoms with van der Waals surface area (Å²) in [5.74, 6) is 0.298. The number of aliphatic hydroxyl groups excluding tert-OH is 1. The molecule has 104 valence electrons. The van der Waals surface area contributed by atoms with Crippen LogP contribution in [0, 0.1) is 10.1 Å². The maximum absolute atomic E-state index is 10.8. The minimum atomic E-state index is -0.443. The van der Waals surface area contributed by atoms with E-state index in [1.165, 1.54) is 6.07 Å². The van der Waals surface area contributed by atoms with Crippen LogP contribution in [0.15, 0.2) is 24.3 Å². The average molecular weight is 266 g/mol. The highest BCUT2D eigenvalue weighted by Crippen LogP contribution is 2.26. The van der Waals surface area contributed by atoms with Crippen LogP contribution in [0.4, 0.5) is 5.69 Å². The zero-order valence-corrected chi connectivity index (χ0v) is 10.7. The Balaban J connectivity index is 1.87. The maximum Gasteiger partial charge on any atom is 0.310 e. The second-order valence-electron chi connectivity index (χ2n) is 4.59. The van der Waals surface area contributed by atoms with E-state index in [1.807, 2.05) is 0 Å². The standard InChI is InChI=1S/C13H18N2O4/c16-10-11-4-3-7-14(11)8-9-19-13-6-2-1-5-12(13)15(17)18/h1-2,5-6,11,16H,3-4,7-10H2/t11-/m0/s1. The van der Waals surface area contributed by atoms with Gasteiger partial charge in [0.1, 0.15) is 6.61 Å². The molecule has 2 rings (SSSR count). The van der Waals surface area contributed by atoms with Gasteiger partial charge in [-0.3, -0.25) is 15.0 Å². The fourth-order valence-electron chi connectivity index (χ4n) is 2.40. The van der Waals surface area contributed by atoms with Crippen molar-refractivity contribution in [2.45, 2.75) is 18.9 Å². The van der Waals surface area contributed by atoms with E-state index in [4.69, 9.17) is 4.74 Å². The summed E-state index contributed by atoms with van der Waals surface area (Å²) in [5, 5.41) is 20.0. The van der Waals surface area contributed by atoms with Crippen LogP contribution in [0.1, 0.15) is 12.8 Å². The van der Waals surface area contributed by atoms with E-state index in [0.717, 1.165) is 19.4 Å². The van der Waals surface area contributed by atoms with Gasteiger partial charge in [0.15, 0.2) is 5.75 Å². The number of nitrogens with zero attached hydrogens (tertiary/aromatic N) is 2. The van der Waals surface area contributed by atoms with Crippen molar-refractivity contribution < 1.29 is 14.8 Å². The van der Waals surface area contributed by atoms with E-state index in [-0.39, 0.29) is 18.3 Å². The molecule has 1 aliphatic heterocycles. The molecule has 0 aromatic heterocycles. The fourth-order valence-corrected chi connectivity index (χ4v) is 2.40. The van der Waals surface area contributed by atoms with Crippen LogP contribution in [0.5, 0.6) is 5.75 Å². The zero-order valence-electron chi connectivity index (χ0n) is 10.7. The molecule has 1 aromatic rings. The second kappa shape index (κ2) is 6.49. The molecule has 1 fully saturated rings. The molecule has 1 atom stereocenters. The smallest absolute Gasteiger partial charge is 0.310 e. The van der Waals surface area contributed by atoms with E-state index < -0.39 is 4.92 Å². The van der Waals surface area contributed by atoms with E-state index in [9.17, 15) is 15.2 Å². The number of likely N-dealkylation sites (tertiary alicyclic amines) is 1. The lowest BCUT2D eigenvalue weighted by Gasteiger charge is -2.22. The summed E-state index contributed by atoms with van der Waals surface area (Å²) in [6.07, 6.45) is 2.08. The Bertz CT molecular complexity index is 438. The van der Waals surface area contributed by atoms with Gasteiger partial charge in [-0.05, 0) is 25.5 Å². The van der Waals surface area contributed by atoms with Crippen molar-refractivity contribution in [3.8, 4) is 5.75 Å². The van der Waals surface area contributed by atoms with E-state index in [1.54, 1.807) is 18.2 Å². The first-order chi connectivity index (χ1) is 9.22. The molecule has 6 heteroatoms. The minimum Gasteiger partial charge on any atom is -0.485 e. The van der Waals surface area contributed by atoms with Crippen LogP contribution in [-0.4, -0.2) is 47.3 Å². The summed E-state index contributed by atoms with van der Waals surface area (Å²) in [6, 6.07) is 6.57. The van der Waals surface area contributed by atoms with E-state index in [0.29, 0.717) is 18.9 Å². The number of aliphatic hydroxyl groups is 1. The molecule has 0 unspecified atom stereocenters. The van der Waals surface area contributed by atoms with Crippen molar-refractivity contribution in [2.24, 2.45) is 0 Å². The first kappa shape index (κ1) is 13.8. The highest BCUT2D eigenvalue weighted by Gasteiger charge is 2.23. The number of ether oxygens (including phenoxy) is 1. The molecule has 0 bridgehead atoms. The van der Waals surface area contributed by atoms with Crippen LogP contribution in [0.3, 0.4) is 0 Å². The predicted octanol–water partition coefficient (Wildman–Crippen LogP) is 1.43. The summed E-state index contributed by atoms with van der Waals surface area (Å²) in [7, 11) is 0. The molecule has 0 saturated carbocycles. The molecule has 19 heavy (non-hydrogen) atoms. The number of nitro groups is 1. The maximum atomic E-state index is 10.8. The first-order valence-electron chi connectivity index (χ1n) is 6.43. The Hall–Kier alpha value is -1.66. The van der Waals surface area contributed by atoms with Gasteiger partial charge in [-0.25, -0.2) is 0 Å². The molecule has 1 heterocycles. The lowest BCUT2D eigenvalue weighted by molar-refractivity contribution is -0.385. The number of rotatable bonds is 6. The predicted molar refractivity (Wildman–Crippen MR) is 70.3 cm³/mol. The number of hydrogen-bond acceptors (Lipinski definition) is 5. The van der Waals surface area contributed by atoms with Gasteiger partial charge in [0, 0.05) is 18.7 Å². The third kappa shape index (κ3) is 3.42. The molecule has 1 aromatic carbocycles. The van der Waals surface area contributed by atoms with Crippen LogP contribution in [0.25, 0.3) is 0 Å². The van der Waals surface area contributed by atoms with Crippen molar-refractivity contribution in [3.05, 3.63) is 34.4 Å². The van der Waals surface area contributed by atoms with Gasteiger partial charge in [0.05, 0.1) is 11.5 Å². The quantitative estimate of drug-likeness (QED) is 0.622. The molecule has 1 aliphatic rings. The van der Waals surface area contributed by atoms with Crippen molar-refractivity contribution in [1.82, 2.24) is 4.90 Å². The Morgan fingerprint density at radius 1 is 1.47 bits per heavy atom. The van der Waals surface area contributed by atoms with Crippen LogP contribution >= 0.6 is 0 Å². The summed E-state index contributed by atoms with van der Waals surface area (Å²) in [4.78, 5) is 12.5. The van der Waals surface area contributed by atoms with Gasteiger partial charge >= 0.3 is 5.69 Å². The topological polar surface area (TPSA) is 75.8 Å². The molecule has 1 saturated heterocycles. The summed E-state index contributed by atoms with van der Waals surface area (Å²) >= 11 is 0. The van der Waals surface area contributed by atoms with Crippen molar-refractivity contribution >= 4 is 5.69 Å². The van der Waals surface area contributed by atoms with Crippen molar-refractivity contribution in [2.75, 3.05) is 26.3 Å². The van der Waals surface area contributed by atoms with Crippen LogP contribution in [-0.2, 0) is 0 Å². The van der Waals surface area contributed by atoms with Gasteiger partial charge in [-0.1, -0.05) is 12.1 Å². The van der Waals surface area contributed by atoms with Crippen molar-refractivity contribution in [1.29, 1.82) is 0 Å². The minimum absolute atomic E-state index is 0.0115. The molecule has 0 aliphatic carbocycles. The van der Waals surface area contributed by atoms with Crippen LogP contribution < -0.4 is 4.74 Å². The van der Waals surface area contributed by atoms with Crippen molar-refractivity contribution in [3.63, 3.8) is 0 Å². The lowest BCUT2D eigenvalue weighted by atomic mass is 10.2. The lowest BCUT2D eigenvalue weighted by Crippen LogP contribution is -2.35. The van der Waals surface area contributed by atoms with Gasteiger partial charge in [0.2, 0.25) is 0 Å².